The summed E-state index contributed by atoms with van der Waals surface area (Å²) < 4.78 is 18.6. The van der Waals surface area contributed by atoms with Crippen LogP contribution in [-0.4, -0.2) is 27.0 Å². The lowest BCUT2D eigenvalue weighted by molar-refractivity contribution is -0.132. The molecule has 1 fully saturated rings. The van der Waals surface area contributed by atoms with E-state index in [9.17, 15) is 9.18 Å². The molecule has 1 aliphatic carbocycles. The Hall–Kier alpha value is -2.24. The molecule has 0 aliphatic heterocycles. The van der Waals surface area contributed by atoms with E-state index in [4.69, 9.17) is 4.52 Å². The van der Waals surface area contributed by atoms with E-state index in [1.54, 1.807) is 6.07 Å². The van der Waals surface area contributed by atoms with E-state index in [2.05, 4.69) is 10.1 Å². The van der Waals surface area contributed by atoms with Gasteiger partial charge in [-0.1, -0.05) is 38.1 Å². The molecule has 6 heteroatoms. The van der Waals surface area contributed by atoms with Crippen molar-refractivity contribution in [2.75, 3.05) is 0 Å². The largest absolute Gasteiger partial charge is 0.339 e. The third-order valence-corrected chi connectivity index (χ3v) is 4.24. The number of amides is 1. The summed E-state index contributed by atoms with van der Waals surface area (Å²) in [6.07, 6.45) is 2.76. The van der Waals surface area contributed by atoms with Crippen molar-refractivity contribution in [3.05, 3.63) is 47.4 Å². The second-order valence-corrected chi connectivity index (χ2v) is 7.64. The van der Waals surface area contributed by atoms with Crippen LogP contribution in [0, 0.1) is 5.82 Å². The first-order valence-corrected chi connectivity index (χ1v) is 8.70. The minimum Gasteiger partial charge on any atom is -0.339 e. The first kappa shape index (κ1) is 17.6. The zero-order chi connectivity index (χ0) is 18.0. The first-order chi connectivity index (χ1) is 11.8. The summed E-state index contributed by atoms with van der Waals surface area (Å²) in [7, 11) is 0. The molecule has 0 N–H and O–H groups in total. The fraction of sp³-hybridized carbons (Fsp3) is 0.526. The number of hydrogen-bond acceptors (Lipinski definition) is 4. The van der Waals surface area contributed by atoms with Crippen LogP contribution in [0.1, 0.15) is 57.3 Å². The second-order valence-electron chi connectivity index (χ2n) is 7.64. The summed E-state index contributed by atoms with van der Waals surface area (Å²) in [6, 6.07) is 6.68. The Morgan fingerprint density at radius 3 is 2.72 bits per heavy atom. The van der Waals surface area contributed by atoms with Gasteiger partial charge in [-0.15, -0.1) is 0 Å². The number of hydrogen-bond donors (Lipinski definition) is 0. The summed E-state index contributed by atoms with van der Waals surface area (Å²) in [5, 5.41) is 3.98. The second kappa shape index (κ2) is 6.94. The molecule has 1 aliphatic rings. The van der Waals surface area contributed by atoms with Gasteiger partial charge in [0.1, 0.15) is 5.82 Å². The predicted molar refractivity (Wildman–Crippen MR) is 91.3 cm³/mol. The van der Waals surface area contributed by atoms with Crippen LogP contribution in [0.5, 0.6) is 0 Å². The van der Waals surface area contributed by atoms with E-state index in [0.29, 0.717) is 31.1 Å². The Bertz CT molecular complexity index is 747. The summed E-state index contributed by atoms with van der Waals surface area (Å²) >= 11 is 0. The van der Waals surface area contributed by atoms with Crippen molar-refractivity contribution < 1.29 is 13.7 Å². The molecule has 0 radical (unpaired) electrons. The number of benzene rings is 1. The molecule has 1 amide bonds. The molecule has 0 atom stereocenters. The summed E-state index contributed by atoms with van der Waals surface area (Å²) in [4.78, 5) is 18.8. The molecular formula is C19H24FN3O2. The van der Waals surface area contributed by atoms with Crippen molar-refractivity contribution in [3.63, 3.8) is 0 Å². The molecule has 1 aromatic heterocycles. The minimum absolute atomic E-state index is 0.0438. The Labute approximate surface area is 147 Å². The van der Waals surface area contributed by atoms with Crippen molar-refractivity contribution in [2.45, 2.75) is 64.5 Å². The van der Waals surface area contributed by atoms with Gasteiger partial charge in [0.25, 0.3) is 0 Å². The van der Waals surface area contributed by atoms with E-state index < -0.39 is 0 Å². The lowest BCUT2D eigenvalue weighted by Crippen LogP contribution is -2.32. The SMILES string of the molecule is CC(C)(C)c1noc(CCC(=O)N(Cc2cccc(F)c2)C2CC2)n1. The van der Waals surface area contributed by atoms with Gasteiger partial charge in [-0.3, -0.25) is 4.79 Å². The standard InChI is InChI=1S/C19H24FN3O2/c1-19(2,3)18-21-16(25-22-18)9-10-17(24)23(15-7-8-15)12-13-5-4-6-14(20)11-13/h4-6,11,15H,7-10,12H2,1-3H3. The van der Waals surface area contributed by atoms with Crippen molar-refractivity contribution in [1.82, 2.24) is 15.0 Å². The monoisotopic (exact) mass is 345 g/mol. The van der Waals surface area contributed by atoms with Crippen LogP contribution in [0.15, 0.2) is 28.8 Å². The average molecular weight is 345 g/mol. The van der Waals surface area contributed by atoms with Crippen LogP contribution in [0.3, 0.4) is 0 Å². The Balaban J connectivity index is 1.61. The molecule has 0 bridgehead atoms. The smallest absolute Gasteiger partial charge is 0.227 e. The summed E-state index contributed by atoms with van der Waals surface area (Å²) in [5.74, 6) is 0.900. The molecule has 0 spiro atoms. The zero-order valence-corrected chi connectivity index (χ0v) is 15.0. The van der Waals surface area contributed by atoms with Gasteiger partial charge in [0, 0.05) is 30.8 Å². The highest BCUT2D eigenvalue weighted by atomic mass is 19.1. The Morgan fingerprint density at radius 1 is 1.36 bits per heavy atom. The van der Waals surface area contributed by atoms with Gasteiger partial charge < -0.3 is 9.42 Å². The Morgan fingerprint density at radius 2 is 2.12 bits per heavy atom. The molecule has 1 saturated carbocycles. The van der Waals surface area contributed by atoms with Crippen LogP contribution >= 0.6 is 0 Å². The summed E-state index contributed by atoms with van der Waals surface area (Å²) in [6.45, 7) is 6.49. The van der Waals surface area contributed by atoms with Crippen LogP contribution in [-0.2, 0) is 23.2 Å². The van der Waals surface area contributed by atoms with E-state index in [-0.39, 0.29) is 23.2 Å². The predicted octanol–water partition coefficient (Wildman–Crippen LogP) is 3.63. The maximum atomic E-state index is 13.4. The zero-order valence-electron chi connectivity index (χ0n) is 15.0. The van der Waals surface area contributed by atoms with Crippen LogP contribution < -0.4 is 0 Å². The van der Waals surface area contributed by atoms with Gasteiger partial charge >= 0.3 is 0 Å². The van der Waals surface area contributed by atoms with Gasteiger partial charge in [0.2, 0.25) is 11.8 Å². The van der Waals surface area contributed by atoms with E-state index in [1.807, 2.05) is 31.7 Å². The number of aryl methyl sites for hydroxylation is 1. The lowest BCUT2D eigenvalue weighted by Gasteiger charge is -2.22. The fourth-order valence-electron chi connectivity index (χ4n) is 2.66. The number of carbonyl (C=O) groups is 1. The molecule has 0 saturated heterocycles. The highest BCUT2D eigenvalue weighted by Gasteiger charge is 2.32. The highest BCUT2D eigenvalue weighted by molar-refractivity contribution is 5.77. The molecule has 0 unspecified atom stereocenters. The molecule has 1 heterocycles. The average Bonchev–Trinajstić information content (AvgIpc) is 3.26. The van der Waals surface area contributed by atoms with E-state index in [1.165, 1.54) is 12.1 Å². The van der Waals surface area contributed by atoms with Gasteiger partial charge in [0.05, 0.1) is 0 Å². The van der Waals surface area contributed by atoms with Crippen molar-refractivity contribution in [3.8, 4) is 0 Å². The number of rotatable bonds is 6. The number of carbonyl (C=O) groups excluding carboxylic acids is 1. The third-order valence-electron chi connectivity index (χ3n) is 4.24. The third kappa shape index (κ3) is 4.65. The fourth-order valence-corrected chi connectivity index (χ4v) is 2.66. The molecular weight excluding hydrogens is 321 g/mol. The number of nitrogens with zero attached hydrogens (tertiary/aromatic N) is 3. The van der Waals surface area contributed by atoms with Crippen molar-refractivity contribution in [1.29, 1.82) is 0 Å². The van der Waals surface area contributed by atoms with E-state index in [0.717, 1.165) is 18.4 Å². The van der Waals surface area contributed by atoms with Gasteiger partial charge in [-0.05, 0) is 30.5 Å². The van der Waals surface area contributed by atoms with Crippen molar-refractivity contribution >= 4 is 5.91 Å². The summed E-state index contributed by atoms with van der Waals surface area (Å²) in [5.41, 5.74) is 0.636. The van der Waals surface area contributed by atoms with Crippen LogP contribution in [0.2, 0.25) is 0 Å². The molecule has 1 aromatic carbocycles. The minimum atomic E-state index is -0.277. The lowest BCUT2D eigenvalue weighted by atomic mass is 9.96. The van der Waals surface area contributed by atoms with Gasteiger partial charge in [0.15, 0.2) is 5.82 Å². The topological polar surface area (TPSA) is 59.2 Å². The maximum absolute atomic E-state index is 13.4. The highest BCUT2D eigenvalue weighted by Crippen LogP contribution is 2.29. The first-order valence-electron chi connectivity index (χ1n) is 8.70. The van der Waals surface area contributed by atoms with Crippen molar-refractivity contribution in [2.24, 2.45) is 0 Å². The van der Waals surface area contributed by atoms with Crippen LogP contribution in [0.4, 0.5) is 4.39 Å². The molecule has 5 nitrogen and oxygen atoms in total. The molecule has 3 rings (SSSR count). The Kier molecular flexibility index (Phi) is 4.88. The van der Waals surface area contributed by atoms with Gasteiger partial charge in [-0.2, -0.15) is 4.98 Å². The van der Waals surface area contributed by atoms with E-state index >= 15 is 0 Å². The number of halogens is 1. The maximum Gasteiger partial charge on any atom is 0.227 e. The van der Waals surface area contributed by atoms with Crippen LogP contribution in [0.25, 0.3) is 0 Å². The number of aromatic nitrogens is 2. The quantitative estimate of drug-likeness (QED) is 0.802. The normalized spacial score (nSPS) is 14.6. The molecule has 134 valence electrons. The van der Waals surface area contributed by atoms with Gasteiger partial charge in [-0.25, -0.2) is 4.39 Å². The molecule has 2 aromatic rings. The molecule has 25 heavy (non-hydrogen) atoms.